The van der Waals surface area contributed by atoms with Gasteiger partial charge in [-0.25, -0.2) is 14.4 Å². The van der Waals surface area contributed by atoms with E-state index in [1.807, 2.05) is 48.5 Å². The molecule has 3 heterocycles. The molecule has 6 bridgehead atoms. The molecule has 0 amide bonds. The maximum absolute atomic E-state index is 12.6. The van der Waals surface area contributed by atoms with Gasteiger partial charge in [-0.15, -0.1) is 0 Å². The number of carbonyl (C=O) groups excluding carboxylic acids is 9. The van der Waals surface area contributed by atoms with E-state index in [0.717, 1.165) is 0 Å². The van der Waals surface area contributed by atoms with E-state index in [4.69, 9.17) is 42.6 Å². The topological polar surface area (TPSA) is 308 Å². The third-order valence-corrected chi connectivity index (χ3v) is 21.0. The molecule has 9 fully saturated rings. The summed E-state index contributed by atoms with van der Waals surface area (Å²) >= 11 is 0. The molecular formula is C57H75N3O18. The van der Waals surface area contributed by atoms with Gasteiger partial charge < -0.3 is 42.6 Å². The molecule has 21 nitrogen and oxygen atoms in total. The number of nitrogens with zero attached hydrogens (tertiary/aromatic N) is 3. The van der Waals surface area contributed by atoms with Gasteiger partial charge in [0.2, 0.25) is 0 Å². The fourth-order valence-electron chi connectivity index (χ4n) is 14.5. The van der Waals surface area contributed by atoms with Crippen LogP contribution >= 0.6 is 0 Å². The lowest BCUT2D eigenvalue weighted by molar-refractivity contribution is -0.217. The first-order valence-electron chi connectivity index (χ1n) is 27.1. The van der Waals surface area contributed by atoms with Crippen LogP contribution in [0.4, 0.5) is 0 Å². The molecule has 0 aromatic heterocycles. The van der Waals surface area contributed by atoms with Crippen LogP contribution in [-0.4, -0.2) is 109 Å². The Balaban J connectivity index is 0.000000170. The van der Waals surface area contributed by atoms with E-state index in [1.165, 1.54) is 0 Å². The number of ether oxygens (including phenoxy) is 9. The minimum Gasteiger partial charge on any atom is -0.458 e. The monoisotopic (exact) mass is 1090 g/mol. The van der Waals surface area contributed by atoms with E-state index in [0.29, 0.717) is 32.1 Å². The van der Waals surface area contributed by atoms with Gasteiger partial charge in [0.25, 0.3) is 0 Å². The largest absolute Gasteiger partial charge is 0.458 e. The summed E-state index contributed by atoms with van der Waals surface area (Å²) in [6.07, 6.45) is 0.987. The van der Waals surface area contributed by atoms with Gasteiger partial charge in [-0.2, -0.15) is 15.8 Å². The van der Waals surface area contributed by atoms with Crippen molar-refractivity contribution in [3.8, 4) is 18.2 Å². The Morgan fingerprint density at radius 3 is 1.68 bits per heavy atom. The second-order valence-corrected chi connectivity index (χ2v) is 25.8. The smallest absolute Gasteiger partial charge is 0.344 e. The first kappa shape index (κ1) is 59.4. The van der Waals surface area contributed by atoms with Crippen LogP contribution in [0.3, 0.4) is 0 Å². The minimum absolute atomic E-state index is 0.0495. The summed E-state index contributed by atoms with van der Waals surface area (Å²) < 4.78 is 48.6. The van der Waals surface area contributed by atoms with Gasteiger partial charge in [0.05, 0.1) is 46.3 Å². The van der Waals surface area contributed by atoms with Crippen LogP contribution in [0.5, 0.6) is 0 Å². The minimum atomic E-state index is -1.19. The molecule has 18 unspecified atom stereocenters. The number of esters is 9. The summed E-state index contributed by atoms with van der Waals surface area (Å²) in [4.78, 5) is 110. The highest BCUT2D eigenvalue weighted by molar-refractivity contribution is 5.88. The molecule has 18 atom stereocenters. The van der Waals surface area contributed by atoms with Crippen molar-refractivity contribution in [3.05, 3.63) is 0 Å². The number of fused-ring (bicyclic) bond motifs is 3. The normalized spacial score (nSPS) is 40.1. The average molecular weight is 1090 g/mol. The molecule has 6 aliphatic carbocycles. The second kappa shape index (κ2) is 19.8. The van der Waals surface area contributed by atoms with Crippen LogP contribution in [0.2, 0.25) is 0 Å². The molecule has 9 rings (SSSR count). The van der Waals surface area contributed by atoms with Crippen LogP contribution in [0.15, 0.2) is 0 Å². The molecule has 3 saturated heterocycles. The standard InChI is InChI=1S/C21H29NO6.C19H25NO6.C17H21NO6/c1-8-17(3,4)15(24)26-9-13(23)27-20(7)18(5)10-21(11-22)14(12(18)2)19(20,6)28-16(21)25;1-6-17(3,4)15(22)24-8-12(21)25-14-13-11-7-18(14,5)10(2)19(11,9-20)16(23)26-13;1-4-17(2,3)16(21)22-7-11(19)23-13-8-5-9-12(10(8)6-18)15(20)24-14(9)13/h12,14H,8-10H2,1-7H3;10-11,13-14H,6-8H2,1-5H3;8-10,12-14H,4-5,7H2,1-3H3. The summed E-state index contributed by atoms with van der Waals surface area (Å²) in [5, 5.41) is 28.7. The van der Waals surface area contributed by atoms with Gasteiger partial charge >= 0.3 is 53.7 Å². The van der Waals surface area contributed by atoms with Crippen molar-refractivity contribution < 1.29 is 85.8 Å². The first-order chi connectivity index (χ1) is 36.1. The highest BCUT2D eigenvalue weighted by Crippen LogP contribution is 2.78. The van der Waals surface area contributed by atoms with Crippen molar-refractivity contribution in [2.75, 3.05) is 19.8 Å². The number of carbonyl (C=O) groups is 9. The SMILES string of the molecule is CCC(C)(C)C(=O)OCC(=O)OC1(C)C2(C)CC3(C#N)C(=O)OC1(C)C3C2C.CCC(C)(C)C(=O)OCC(=O)OC1C2CC3C1OC(=O)C3C2C#N.CCC(C)(C)C(=O)OCC(=O)OC1C2OC(=O)C3(C#N)C2CC1(C)C3C. The molecule has 0 aromatic carbocycles. The van der Waals surface area contributed by atoms with Crippen LogP contribution < -0.4 is 0 Å². The van der Waals surface area contributed by atoms with Crippen molar-refractivity contribution in [2.45, 2.75) is 178 Å². The van der Waals surface area contributed by atoms with Crippen LogP contribution in [0.25, 0.3) is 0 Å². The molecule has 6 saturated carbocycles. The van der Waals surface area contributed by atoms with E-state index in [9.17, 15) is 58.9 Å². The van der Waals surface area contributed by atoms with Crippen molar-refractivity contribution in [2.24, 2.45) is 85.2 Å². The van der Waals surface area contributed by atoms with Crippen LogP contribution in [0, 0.1) is 119 Å². The van der Waals surface area contributed by atoms with Crippen molar-refractivity contribution in [1.29, 1.82) is 15.8 Å². The van der Waals surface area contributed by atoms with Crippen molar-refractivity contribution >= 4 is 53.7 Å². The van der Waals surface area contributed by atoms with Crippen molar-refractivity contribution in [1.82, 2.24) is 0 Å². The molecular weight excluding hydrogens is 1010 g/mol. The summed E-state index contributed by atoms with van der Waals surface area (Å²) in [7, 11) is 0. The van der Waals surface area contributed by atoms with Crippen LogP contribution in [-0.2, 0) is 85.8 Å². The van der Waals surface area contributed by atoms with E-state index < -0.39 is 147 Å². The fourth-order valence-corrected chi connectivity index (χ4v) is 14.5. The Morgan fingerprint density at radius 2 is 1.19 bits per heavy atom. The number of nitriles is 3. The maximum Gasteiger partial charge on any atom is 0.344 e. The lowest BCUT2D eigenvalue weighted by atomic mass is 9.60. The first-order valence-corrected chi connectivity index (χ1v) is 27.1. The third-order valence-electron chi connectivity index (χ3n) is 21.0. The van der Waals surface area contributed by atoms with Gasteiger partial charge in [-0.05, 0) is 106 Å². The molecule has 0 aromatic rings. The second-order valence-electron chi connectivity index (χ2n) is 25.8. The zero-order valence-corrected chi connectivity index (χ0v) is 47.5. The van der Waals surface area contributed by atoms with E-state index >= 15 is 0 Å². The summed E-state index contributed by atoms with van der Waals surface area (Å²) in [6, 6.07) is 6.54. The molecule has 78 heavy (non-hydrogen) atoms. The number of hydrogen-bond acceptors (Lipinski definition) is 21. The molecule has 426 valence electrons. The Morgan fingerprint density at radius 1 is 0.679 bits per heavy atom. The van der Waals surface area contributed by atoms with Gasteiger partial charge in [0.15, 0.2) is 41.9 Å². The summed E-state index contributed by atoms with van der Waals surface area (Å²) in [5.74, 6) is -6.88. The molecule has 9 aliphatic rings. The lowest BCUT2D eigenvalue weighted by Gasteiger charge is -2.49. The van der Waals surface area contributed by atoms with Gasteiger partial charge in [0, 0.05) is 34.5 Å². The maximum atomic E-state index is 12.6. The zero-order valence-electron chi connectivity index (χ0n) is 47.5. The Bertz CT molecular complexity index is 2690. The van der Waals surface area contributed by atoms with Crippen molar-refractivity contribution in [3.63, 3.8) is 0 Å². The van der Waals surface area contributed by atoms with E-state index in [1.54, 1.807) is 55.4 Å². The number of rotatable bonds is 15. The summed E-state index contributed by atoms with van der Waals surface area (Å²) in [5.41, 5.74) is -7.69. The lowest BCUT2D eigenvalue weighted by Crippen LogP contribution is -2.61. The fraction of sp³-hybridized carbons (Fsp3) is 0.789. The summed E-state index contributed by atoms with van der Waals surface area (Å²) in [6.45, 7) is 25.8. The highest BCUT2D eigenvalue weighted by Gasteiger charge is 2.89. The van der Waals surface area contributed by atoms with E-state index in [2.05, 4.69) is 18.2 Å². The Kier molecular flexibility index (Phi) is 15.1. The Labute approximate surface area is 455 Å². The average Bonchev–Trinajstić information content (AvgIpc) is 2.54. The molecule has 0 N–H and O–H groups in total. The van der Waals surface area contributed by atoms with Gasteiger partial charge in [0.1, 0.15) is 24.4 Å². The predicted octanol–water partition coefficient (Wildman–Crippen LogP) is 5.97. The molecule has 0 radical (unpaired) electrons. The van der Waals surface area contributed by atoms with Gasteiger partial charge in [-0.1, -0.05) is 48.5 Å². The molecule has 3 aliphatic heterocycles. The zero-order chi connectivity index (χ0) is 58.5. The third kappa shape index (κ3) is 8.50. The highest BCUT2D eigenvalue weighted by atomic mass is 16.6. The van der Waals surface area contributed by atoms with Gasteiger partial charge in [-0.3, -0.25) is 28.8 Å². The van der Waals surface area contributed by atoms with Crippen LogP contribution in [0.1, 0.15) is 142 Å². The predicted molar refractivity (Wildman–Crippen MR) is 265 cm³/mol. The molecule has 21 heteroatoms. The molecule has 0 spiro atoms. The Hall–Kier alpha value is -6.30. The van der Waals surface area contributed by atoms with E-state index in [-0.39, 0.29) is 53.8 Å². The number of hydrogen-bond donors (Lipinski definition) is 0. The quantitative estimate of drug-likeness (QED) is 0.135.